The Labute approximate surface area is 304 Å². The van der Waals surface area contributed by atoms with Crippen LogP contribution in [0.2, 0.25) is 0 Å². The van der Waals surface area contributed by atoms with Gasteiger partial charge in [0, 0.05) is 19.4 Å². The molecule has 0 aromatic heterocycles. The Morgan fingerprint density at radius 2 is 0.959 bits per heavy atom. The molecule has 0 aromatic rings. The van der Waals surface area contributed by atoms with Crippen molar-refractivity contribution in [2.75, 3.05) is 27.2 Å². The van der Waals surface area contributed by atoms with Gasteiger partial charge < -0.3 is 14.4 Å². The summed E-state index contributed by atoms with van der Waals surface area (Å²) in [6.45, 7) is 5.50. The maximum Gasteiger partial charge on any atom is 0.307 e. The molecule has 0 fully saturated rings. The van der Waals surface area contributed by atoms with Crippen LogP contribution in [0.3, 0.4) is 0 Å². The van der Waals surface area contributed by atoms with Crippen LogP contribution in [0.5, 0.6) is 0 Å². The second-order valence-corrected chi connectivity index (χ2v) is 14.0. The predicted octanol–water partition coefficient (Wildman–Crippen LogP) is 12.8. The number of carbonyl (C=O) groups is 2. The molecule has 0 aliphatic carbocycles. The molecule has 0 radical (unpaired) electrons. The largest absolute Gasteiger partial charge is 0.466 e. The first-order chi connectivity index (χ1) is 24.0. The number of unbranched alkanes of at least 4 members (excludes halogenated alkanes) is 17. The van der Waals surface area contributed by atoms with Crippen molar-refractivity contribution in [3.63, 3.8) is 0 Å². The minimum atomic E-state index is -0.177. The maximum atomic E-state index is 12.4. The van der Waals surface area contributed by atoms with Crippen LogP contribution in [-0.2, 0) is 19.1 Å². The first-order valence-corrected chi connectivity index (χ1v) is 20.6. The van der Waals surface area contributed by atoms with Crippen LogP contribution < -0.4 is 0 Å². The summed E-state index contributed by atoms with van der Waals surface area (Å²) in [4.78, 5) is 26.7. The van der Waals surface area contributed by atoms with Crippen molar-refractivity contribution < 1.29 is 19.1 Å². The second kappa shape index (κ2) is 38.7. The summed E-state index contributed by atoms with van der Waals surface area (Å²) < 4.78 is 11.4. The Morgan fingerprint density at radius 1 is 0.510 bits per heavy atom. The van der Waals surface area contributed by atoms with E-state index in [4.69, 9.17) is 9.47 Å². The zero-order chi connectivity index (χ0) is 35.9. The lowest BCUT2D eigenvalue weighted by molar-refractivity contribution is -0.152. The van der Waals surface area contributed by atoms with Crippen LogP contribution in [0.15, 0.2) is 48.6 Å². The fraction of sp³-hybridized carbons (Fsp3) is 0.773. The molecule has 0 amide bonds. The van der Waals surface area contributed by atoms with Crippen molar-refractivity contribution in [3.8, 4) is 0 Å². The van der Waals surface area contributed by atoms with Gasteiger partial charge in [0.25, 0.3) is 0 Å². The number of ether oxygens (including phenoxy) is 2. The molecule has 49 heavy (non-hydrogen) atoms. The summed E-state index contributed by atoms with van der Waals surface area (Å²) in [6, 6.07) is 0. The molecule has 5 heteroatoms. The number of nitrogens with zero attached hydrogens (tertiary/aromatic N) is 1. The molecule has 0 spiro atoms. The smallest absolute Gasteiger partial charge is 0.307 e. The van der Waals surface area contributed by atoms with Crippen LogP contribution in [0, 0.1) is 0 Å². The molecule has 0 aliphatic rings. The molecule has 0 saturated heterocycles. The molecule has 1 atom stereocenters. The van der Waals surface area contributed by atoms with Crippen molar-refractivity contribution >= 4 is 11.9 Å². The van der Waals surface area contributed by atoms with Crippen LogP contribution in [0.25, 0.3) is 0 Å². The van der Waals surface area contributed by atoms with Gasteiger partial charge in [-0.3, -0.25) is 9.59 Å². The normalized spacial score (nSPS) is 12.8. The third-order valence-corrected chi connectivity index (χ3v) is 8.82. The number of carbonyl (C=O) groups excluding carboxylic acids is 2. The van der Waals surface area contributed by atoms with Gasteiger partial charge in [-0.15, -0.1) is 0 Å². The van der Waals surface area contributed by atoms with Gasteiger partial charge in [-0.1, -0.05) is 133 Å². The molecule has 0 bridgehead atoms. The van der Waals surface area contributed by atoms with Gasteiger partial charge in [0.1, 0.15) is 6.10 Å². The van der Waals surface area contributed by atoms with Crippen LogP contribution in [0.4, 0.5) is 0 Å². The van der Waals surface area contributed by atoms with Crippen molar-refractivity contribution in [1.82, 2.24) is 4.90 Å². The van der Waals surface area contributed by atoms with Crippen molar-refractivity contribution in [1.29, 1.82) is 0 Å². The maximum absolute atomic E-state index is 12.4. The van der Waals surface area contributed by atoms with Crippen molar-refractivity contribution in [3.05, 3.63) is 48.6 Å². The van der Waals surface area contributed by atoms with E-state index in [0.29, 0.717) is 32.4 Å². The van der Waals surface area contributed by atoms with Crippen LogP contribution in [-0.4, -0.2) is 50.2 Å². The number of allylic oxidation sites excluding steroid dienone is 8. The minimum absolute atomic E-state index is 0.128. The Kier molecular flexibility index (Phi) is 37.0. The van der Waals surface area contributed by atoms with Gasteiger partial charge in [-0.2, -0.15) is 0 Å². The molecule has 1 unspecified atom stereocenters. The second-order valence-electron chi connectivity index (χ2n) is 14.0. The lowest BCUT2D eigenvalue weighted by Crippen LogP contribution is -2.24. The molecule has 0 N–H and O–H groups in total. The topological polar surface area (TPSA) is 55.8 Å². The monoisotopic (exact) mass is 686 g/mol. The van der Waals surface area contributed by atoms with E-state index >= 15 is 0 Å². The SMILES string of the molecule is CCCCCC=CC/C=C\CCCCCCCC(=O)OCCC(CCCCCCCC/C=C\C/C=C\CCCCC)OC(=O)CCN(C)C. The van der Waals surface area contributed by atoms with E-state index in [1.807, 2.05) is 19.0 Å². The van der Waals surface area contributed by atoms with Gasteiger partial charge in [0.2, 0.25) is 0 Å². The Balaban J connectivity index is 4.03. The molecule has 0 aliphatic heterocycles. The summed E-state index contributed by atoms with van der Waals surface area (Å²) in [5, 5.41) is 0. The van der Waals surface area contributed by atoms with E-state index in [1.165, 1.54) is 96.3 Å². The van der Waals surface area contributed by atoms with Crippen LogP contribution >= 0.6 is 0 Å². The quantitative estimate of drug-likeness (QED) is 0.0373. The zero-order valence-corrected chi connectivity index (χ0v) is 32.8. The van der Waals surface area contributed by atoms with Crippen molar-refractivity contribution in [2.24, 2.45) is 0 Å². The van der Waals surface area contributed by atoms with E-state index in [2.05, 4.69) is 62.5 Å². The summed E-state index contributed by atoms with van der Waals surface area (Å²) in [7, 11) is 3.92. The number of hydrogen-bond donors (Lipinski definition) is 0. The molecule has 0 aromatic carbocycles. The predicted molar refractivity (Wildman–Crippen MR) is 212 cm³/mol. The van der Waals surface area contributed by atoms with Crippen LogP contribution in [0.1, 0.15) is 187 Å². The van der Waals surface area contributed by atoms with E-state index in [1.54, 1.807) is 0 Å². The standard InChI is InChI=1S/C44H79NO4/c1-5-7-9-11-13-15-17-19-21-23-24-26-28-30-32-34-36-42(49-44(47)38-40-45(3)4)39-41-48-43(46)37-35-33-31-29-27-25-22-20-18-16-14-12-10-8-6-2/h13-16,19-22,42H,5-12,17-18,23-41H2,1-4H3/b15-13-,16-14?,21-19-,22-20-. The Bertz CT molecular complexity index is 844. The molecule has 284 valence electrons. The zero-order valence-electron chi connectivity index (χ0n) is 32.8. The molecule has 5 nitrogen and oxygen atoms in total. The number of rotatable bonds is 36. The molecule has 0 rings (SSSR count). The highest BCUT2D eigenvalue weighted by atomic mass is 16.6. The molecular weight excluding hydrogens is 606 g/mol. The fourth-order valence-electron chi connectivity index (χ4n) is 5.64. The molecule has 0 saturated carbocycles. The van der Waals surface area contributed by atoms with Gasteiger partial charge in [-0.25, -0.2) is 0 Å². The lowest BCUT2D eigenvalue weighted by Gasteiger charge is -2.19. The summed E-state index contributed by atoms with van der Waals surface area (Å²) in [6.07, 6.45) is 47.9. The summed E-state index contributed by atoms with van der Waals surface area (Å²) in [5.74, 6) is -0.285. The summed E-state index contributed by atoms with van der Waals surface area (Å²) >= 11 is 0. The third kappa shape index (κ3) is 38.5. The van der Waals surface area contributed by atoms with Crippen molar-refractivity contribution in [2.45, 2.75) is 193 Å². The fourth-order valence-corrected chi connectivity index (χ4v) is 5.64. The average molecular weight is 686 g/mol. The highest BCUT2D eigenvalue weighted by Gasteiger charge is 2.16. The van der Waals surface area contributed by atoms with E-state index in [9.17, 15) is 9.59 Å². The summed E-state index contributed by atoms with van der Waals surface area (Å²) in [5.41, 5.74) is 0. The molecular formula is C44H79NO4. The third-order valence-electron chi connectivity index (χ3n) is 8.82. The van der Waals surface area contributed by atoms with E-state index < -0.39 is 0 Å². The van der Waals surface area contributed by atoms with Gasteiger partial charge in [-0.05, 0) is 97.6 Å². The van der Waals surface area contributed by atoms with E-state index in [0.717, 1.165) is 57.8 Å². The average Bonchev–Trinajstić information content (AvgIpc) is 3.08. The lowest BCUT2D eigenvalue weighted by atomic mass is 10.0. The first kappa shape index (κ1) is 46.9. The molecule has 0 heterocycles. The van der Waals surface area contributed by atoms with Gasteiger partial charge in [0.15, 0.2) is 0 Å². The Hall–Kier alpha value is -2.14. The number of hydrogen-bond acceptors (Lipinski definition) is 5. The highest BCUT2D eigenvalue weighted by Crippen LogP contribution is 2.15. The van der Waals surface area contributed by atoms with Gasteiger partial charge in [0.05, 0.1) is 13.0 Å². The van der Waals surface area contributed by atoms with E-state index in [-0.39, 0.29) is 18.0 Å². The number of esters is 2. The first-order valence-electron chi connectivity index (χ1n) is 20.6. The highest BCUT2D eigenvalue weighted by molar-refractivity contribution is 5.70. The minimum Gasteiger partial charge on any atom is -0.466 e. The van der Waals surface area contributed by atoms with Gasteiger partial charge >= 0.3 is 11.9 Å². The Morgan fingerprint density at radius 3 is 1.45 bits per heavy atom.